The monoisotopic (exact) mass is 878 g/mol. The molecule has 6 N–H and O–H groups in total. The minimum atomic E-state index is -0.708. The molecule has 2 aliphatic rings. The van der Waals surface area contributed by atoms with Crippen molar-refractivity contribution in [1.82, 2.24) is 9.80 Å². The average Bonchev–Trinajstić information content (AvgIpc) is 3.88. The van der Waals surface area contributed by atoms with Crippen LogP contribution in [-0.4, -0.2) is 86.4 Å². The highest BCUT2D eigenvalue weighted by Gasteiger charge is 2.46. The van der Waals surface area contributed by atoms with Gasteiger partial charge in [-0.05, 0) is 61.4 Å². The van der Waals surface area contributed by atoms with Gasteiger partial charge in [-0.3, -0.25) is 28.8 Å². The number of hydrogen-bond acceptors (Lipinski definition) is 16. The maximum absolute atomic E-state index is 12.4. The van der Waals surface area contributed by atoms with Gasteiger partial charge in [0.05, 0.1) is 73.5 Å². The zero-order chi connectivity index (χ0) is 46.4. The van der Waals surface area contributed by atoms with E-state index >= 15 is 0 Å². The fourth-order valence-corrected chi connectivity index (χ4v) is 7.58. The van der Waals surface area contributed by atoms with E-state index in [4.69, 9.17) is 18.3 Å². The molecule has 0 bridgehead atoms. The quantitative estimate of drug-likeness (QED) is 0.0620. The molecule has 2 atom stereocenters. The summed E-state index contributed by atoms with van der Waals surface area (Å²) >= 11 is 0. The zero-order valence-electron chi connectivity index (χ0n) is 36.6. The normalized spacial score (nSPS) is 15.8. The lowest BCUT2D eigenvalue weighted by atomic mass is 9.78. The molecule has 6 aromatic rings. The molecule has 4 heterocycles. The number of para-hydroxylation sites is 2. The van der Waals surface area contributed by atoms with Crippen LogP contribution in [0.5, 0.6) is 11.5 Å². The molecule has 2 unspecified atom stereocenters. The van der Waals surface area contributed by atoms with Gasteiger partial charge >= 0.3 is 0 Å². The van der Waals surface area contributed by atoms with Crippen LogP contribution < -0.4 is 43.0 Å². The van der Waals surface area contributed by atoms with Crippen molar-refractivity contribution < 1.29 is 38.1 Å². The van der Waals surface area contributed by atoms with Crippen LogP contribution in [0.2, 0.25) is 0 Å². The van der Waals surface area contributed by atoms with Crippen molar-refractivity contribution in [1.29, 1.82) is 0 Å². The fourth-order valence-electron chi connectivity index (χ4n) is 7.58. The molecule has 0 spiro atoms. The summed E-state index contributed by atoms with van der Waals surface area (Å²) < 4.78 is 22.1. The number of nitrogens with one attached hydrogen (secondary N) is 4. The van der Waals surface area contributed by atoms with E-state index in [1.54, 1.807) is 52.8 Å². The Hall–Kier alpha value is -7.18. The first kappa shape index (κ1) is 44.9. The second-order valence-electron chi connectivity index (χ2n) is 17.3. The first-order valence-electron chi connectivity index (χ1n) is 20.3. The molecule has 2 amide bonds. The number of amides is 2. The molecule has 18 nitrogen and oxygen atoms in total. The van der Waals surface area contributed by atoms with E-state index in [1.165, 1.54) is 34.1 Å². The number of nitrogens with zero attached hydrogens (tertiary/aromatic N) is 2. The van der Waals surface area contributed by atoms with Crippen LogP contribution in [0.3, 0.4) is 0 Å². The number of aryl methyl sites for hydroxylation is 2. The highest BCUT2D eigenvalue weighted by molar-refractivity contribution is 6.00. The zero-order valence-corrected chi connectivity index (χ0v) is 36.6. The highest BCUT2D eigenvalue weighted by Crippen LogP contribution is 2.45. The van der Waals surface area contributed by atoms with E-state index in [2.05, 4.69) is 21.3 Å². The van der Waals surface area contributed by atoms with E-state index in [9.17, 15) is 39.0 Å². The van der Waals surface area contributed by atoms with Crippen LogP contribution in [0.1, 0.15) is 69.3 Å². The molecule has 2 saturated heterocycles. The second kappa shape index (κ2) is 17.2. The van der Waals surface area contributed by atoms with Crippen LogP contribution in [0.15, 0.2) is 89.1 Å². The summed E-state index contributed by atoms with van der Waals surface area (Å²) in [5.74, 6) is -0.0860. The number of carbonyl (C=O) groups excluding carboxylic acids is 2. The smallest absolute Gasteiger partial charge is 0.257 e. The van der Waals surface area contributed by atoms with Gasteiger partial charge in [-0.1, -0.05) is 26.0 Å². The van der Waals surface area contributed by atoms with Gasteiger partial charge < -0.3 is 59.6 Å². The minimum absolute atomic E-state index is 0.0249. The third kappa shape index (κ3) is 8.12. The Morgan fingerprint density at radius 3 is 1.45 bits per heavy atom. The molecular formula is C46H50N6O12. The van der Waals surface area contributed by atoms with E-state index in [1.807, 2.05) is 39.8 Å². The number of furan rings is 2. The number of hydrogen-bond donors (Lipinski definition) is 6. The summed E-state index contributed by atoms with van der Waals surface area (Å²) in [5, 5.41) is 33.2. The van der Waals surface area contributed by atoms with Gasteiger partial charge in [-0.25, -0.2) is 0 Å². The molecule has 2 fully saturated rings. The Kier molecular flexibility index (Phi) is 12.0. The number of aromatic hydroxyl groups is 2. The maximum atomic E-state index is 12.4. The molecule has 2 aliphatic heterocycles. The summed E-state index contributed by atoms with van der Waals surface area (Å²) in [5.41, 5.74) is -0.838. The van der Waals surface area contributed by atoms with Gasteiger partial charge in [0.25, 0.3) is 33.5 Å². The Morgan fingerprint density at radius 1 is 0.641 bits per heavy atom. The molecule has 4 aromatic carbocycles. The molecule has 336 valence electrons. The molecule has 0 saturated carbocycles. The van der Waals surface area contributed by atoms with E-state index in [-0.39, 0.29) is 79.4 Å². The number of ether oxygens (including phenoxy) is 2. The van der Waals surface area contributed by atoms with Gasteiger partial charge in [0, 0.05) is 39.0 Å². The van der Waals surface area contributed by atoms with E-state index in [0.717, 1.165) is 11.1 Å². The van der Waals surface area contributed by atoms with Crippen molar-refractivity contribution in [2.45, 2.75) is 39.8 Å². The Labute approximate surface area is 366 Å². The van der Waals surface area contributed by atoms with Crippen LogP contribution in [0.25, 0.3) is 0 Å². The van der Waals surface area contributed by atoms with Crippen LogP contribution >= 0.6 is 0 Å². The van der Waals surface area contributed by atoms with Gasteiger partial charge in [0.1, 0.15) is 34.3 Å². The lowest BCUT2D eigenvalue weighted by Gasteiger charge is -2.44. The summed E-state index contributed by atoms with van der Waals surface area (Å²) in [4.78, 5) is 76.8. The molecule has 64 heavy (non-hydrogen) atoms. The molecule has 8 rings (SSSR count). The van der Waals surface area contributed by atoms with Crippen molar-refractivity contribution in [3.63, 3.8) is 0 Å². The van der Waals surface area contributed by atoms with Crippen LogP contribution in [-0.2, 0) is 9.47 Å². The summed E-state index contributed by atoms with van der Waals surface area (Å²) in [6.45, 7) is 9.71. The number of benzene rings is 2. The Balaban J connectivity index is 0.000000191. The summed E-state index contributed by atoms with van der Waals surface area (Å²) in [6.07, 6.45) is 3.20. The van der Waals surface area contributed by atoms with E-state index < -0.39 is 33.8 Å². The maximum Gasteiger partial charge on any atom is 0.257 e. The molecule has 0 radical (unpaired) electrons. The Bertz CT molecular complexity index is 2880. The minimum Gasteiger partial charge on any atom is -0.505 e. The van der Waals surface area contributed by atoms with Gasteiger partial charge in [0.2, 0.25) is 0 Å². The van der Waals surface area contributed by atoms with Crippen LogP contribution in [0.4, 0.5) is 34.1 Å². The van der Waals surface area contributed by atoms with Gasteiger partial charge in [0.15, 0.2) is 11.5 Å². The predicted molar refractivity (Wildman–Crippen MR) is 239 cm³/mol. The fraction of sp³-hybridized carbons (Fsp3) is 0.348. The van der Waals surface area contributed by atoms with Crippen molar-refractivity contribution in [3.8, 4) is 11.5 Å². The third-order valence-electron chi connectivity index (χ3n) is 11.6. The predicted octanol–water partition coefficient (Wildman–Crippen LogP) is 5.05. The lowest BCUT2D eigenvalue weighted by Crippen LogP contribution is -2.49. The standard InChI is InChI=1S/2C23H25N3O6/c1-12-8-15(32-9-12)21(23(2)10-31-11-23)25-17-16(19(28)20(17)29)24-14-7-5-6-13(18(14)27)22(30)26(3)4;1-12-8-9-32-20(12)21(23(2)10-31-11-23)25-16-15(18(28)19(16)29)24-14-7-5-6-13(17(14)27)22(30)26(3)4/h2*5-9,21,24-25,27H,10-11H2,1-4H3. The average molecular weight is 879 g/mol. The largest absolute Gasteiger partial charge is 0.505 e. The van der Waals surface area contributed by atoms with Gasteiger partial charge in [-0.15, -0.1) is 0 Å². The second-order valence-corrected chi connectivity index (χ2v) is 17.3. The summed E-state index contributed by atoms with van der Waals surface area (Å²) in [6, 6.07) is 12.1. The lowest BCUT2D eigenvalue weighted by molar-refractivity contribution is -0.115. The first-order chi connectivity index (χ1) is 30.3. The number of rotatable bonds is 14. The third-order valence-corrected chi connectivity index (χ3v) is 11.6. The molecule has 2 aromatic heterocycles. The van der Waals surface area contributed by atoms with Crippen molar-refractivity contribution >= 4 is 45.9 Å². The van der Waals surface area contributed by atoms with Crippen LogP contribution in [0, 0.1) is 24.7 Å². The van der Waals surface area contributed by atoms with Gasteiger partial charge in [-0.2, -0.15) is 0 Å². The SMILES string of the molecule is Cc1ccoc1C(Nc1c(Nc2cccc(C(=O)N(C)C)c2O)c(=O)c1=O)C1(C)COC1.Cc1coc(C(Nc2c(Nc3cccc(C(=O)N(C)C)c3O)c(=O)c2=O)C2(C)COC2)c1. The molecule has 0 aliphatic carbocycles. The number of phenols is 2. The van der Waals surface area contributed by atoms with Crippen molar-refractivity contribution in [3.05, 3.63) is 136 Å². The first-order valence-corrected chi connectivity index (χ1v) is 20.3. The highest BCUT2D eigenvalue weighted by atomic mass is 16.5. The Morgan fingerprint density at radius 2 is 1.08 bits per heavy atom. The van der Waals surface area contributed by atoms with E-state index in [0.29, 0.717) is 37.9 Å². The number of carbonyl (C=O) groups is 2. The molecular weight excluding hydrogens is 829 g/mol. The van der Waals surface area contributed by atoms with Crippen molar-refractivity contribution in [2.24, 2.45) is 10.8 Å². The molecule has 18 heteroatoms. The van der Waals surface area contributed by atoms with Crippen molar-refractivity contribution in [2.75, 3.05) is 75.9 Å². The number of phenolic OH excluding ortho intramolecular Hbond substituents is 2. The number of anilines is 6. The topological polar surface area (TPSA) is 242 Å². The summed E-state index contributed by atoms with van der Waals surface area (Å²) in [7, 11) is 6.29.